The summed E-state index contributed by atoms with van der Waals surface area (Å²) in [5, 5.41) is 10.3. The van der Waals surface area contributed by atoms with Gasteiger partial charge in [0.25, 0.3) is 0 Å². The number of furan rings is 1. The van der Waals surface area contributed by atoms with Crippen molar-refractivity contribution in [2.75, 3.05) is 0 Å². The molecule has 0 amide bonds. The fourth-order valence-electron chi connectivity index (χ4n) is 1.99. The molecule has 3 aromatic rings. The maximum absolute atomic E-state index is 11.4. The van der Waals surface area contributed by atoms with Crippen LogP contribution in [-0.4, -0.2) is 11.1 Å². The summed E-state index contributed by atoms with van der Waals surface area (Å²) in [4.78, 5) is 22.2. The van der Waals surface area contributed by atoms with Crippen molar-refractivity contribution in [1.29, 1.82) is 0 Å². The van der Waals surface area contributed by atoms with Crippen LogP contribution in [0.15, 0.2) is 44.2 Å². The molecule has 3 rings (SSSR count). The normalized spacial score (nSPS) is 11.1. The van der Waals surface area contributed by atoms with Gasteiger partial charge in [-0.05, 0) is 17.7 Å². The van der Waals surface area contributed by atoms with E-state index in [0.717, 1.165) is 5.39 Å². The molecule has 0 saturated carbocycles. The minimum Gasteiger partial charge on any atom is -0.481 e. The lowest BCUT2D eigenvalue weighted by atomic mass is 10.1. The number of carboxylic acid groups (broad SMARTS) is 1. The minimum atomic E-state index is -0.991. The molecule has 0 fully saturated rings. The van der Waals surface area contributed by atoms with Gasteiger partial charge in [0.1, 0.15) is 11.2 Å². The molecule has 2 heterocycles. The number of carboxylic acids is 1. The first-order valence-electron chi connectivity index (χ1n) is 5.29. The second-order valence-electron chi connectivity index (χ2n) is 3.97. The Kier molecular flexibility index (Phi) is 2.19. The first-order valence-corrected chi connectivity index (χ1v) is 5.29. The SMILES string of the molecule is O=C(O)Cc1cc(=O)oc2cc3occc3cc12. The molecule has 0 atom stereocenters. The van der Waals surface area contributed by atoms with Crippen LogP contribution in [0.3, 0.4) is 0 Å². The summed E-state index contributed by atoms with van der Waals surface area (Å²) >= 11 is 0. The van der Waals surface area contributed by atoms with Gasteiger partial charge < -0.3 is 13.9 Å². The first-order chi connectivity index (χ1) is 8.63. The van der Waals surface area contributed by atoms with E-state index in [1.807, 2.05) is 0 Å². The average molecular weight is 244 g/mol. The zero-order valence-electron chi connectivity index (χ0n) is 9.17. The zero-order valence-corrected chi connectivity index (χ0v) is 9.17. The monoisotopic (exact) mass is 244 g/mol. The van der Waals surface area contributed by atoms with Gasteiger partial charge in [-0.25, -0.2) is 4.79 Å². The predicted molar refractivity (Wildman–Crippen MR) is 63.6 cm³/mol. The number of hydrogen-bond donors (Lipinski definition) is 1. The van der Waals surface area contributed by atoms with Crippen molar-refractivity contribution in [2.45, 2.75) is 6.42 Å². The van der Waals surface area contributed by atoms with Gasteiger partial charge in [0.15, 0.2) is 0 Å². The van der Waals surface area contributed by atoms with E-state index in [4.69, 9.17) is 13.9 Å². The Morgan fingerprint density at radius 2 is 2.06 bits per heavy atom. The van der Waals surface area contributed by atoms with E-state index >= 15 is 0 Å². The van der Waals surface area contributed by atoms with Gasteiger partial charge >= 0.3 is 11.6 Å². The van der Waals surface area contributed by atoms with E-state index in [-0.39, 0.29) is 6.42 Å². The van der Waals surface area contributed by atoms with Crippen LogP contribution in [0, 0.1) is 0 Å². The van der Waals surface area contributed by atoms with Crippen LogP contribution in [0.5, 0.6) is 0 Å². The van der Waals surface area contributed by atoms with Gasteiger partial charge in [0.2, 0.25) is 0 Å². The highest BCUT2D eigenvalue weighted by atomic mass is 16.4. The molecule has 0 spiro atoms. The van der Waals surface area contributed by atoms with Gasteiger partial charge in [0.05, 0.1) is 12.7 Å². The maximum atomic E-state index is 11.4. The van der Waals surface area contributed by atoms with Crippen molar-refractivity contribution in [3.05, 3.63) is 46.5 Å². The van der Waals surface area contributed by atoms with Crippen molar-refractivity contribution in [2.24, 2.45) is 0 Å². The number of carbonyl (C=O) groups is 1. The molecular weight excluding hydrogens is 236 g/mol. The van der Waals surface area contributed by atoms with E-state index in [1.165, 1.54) is 12.3 Å². The van der Waals surface area contributed by atoms with Crippen LogP contribution in [-0.2, 0) is 11.2 Å². The fraction of sp³-hybridized carbons (Fsp3) is 0.0769. The summed E-state index contributed by atoms with van der Waals surface area (Å²) in [6.45, 7) is 0. The zero-order chi connectivity index (χ0) is 12.7. The molecule has 0 bridgehead atoms. The molecule has 2 aromatic heterocycles. The van der Waals surface area contributed by atoms with Gasteiger partial charge in [-0.2, -0.15) is 0 Å². The van der Waals surface area contributed by atoms with Crippen LogP contribution < -0.4 is 5.63 Å². The molecule has 0 aliphatic carbocycles. The number of fused-ring (bicyclic) bond motifs is 2. The Hall–Kier alpha value is -2.56. The van der Waals surface area contributed by atoms with Crippen molar-refractivity contribution >= 4 is 27.9 Å². The molecule has 1 aromatic carbocycles. The van der Waals surface area contributed by atoms with Crippen molar-refractivity contribution < 1.29 is 18.7 Å². The summed E-state index contributed by atoms with van der Waals surface area (Å²) in [6.07, 6.45) is 1.31. The second kappa shape index (κ2) is 3.73. The topological polar surface area (TPSA) is 80.6 Å². The average Bonchev–Trinajstić information content (AvgIpc) is 2.72. The van der Waals surface area contributed by atoms with E-state index in [2.05, 4.69) is 0 Å². The third-order valence-electron chi connectivity index (χ3n) is 2.74. The molecule has 5 heteroatoms. The number of rotatable bonds is 2. The van der Waals surface area contributed by atoms with E-state index in [1.54, 1.807) is 18.2 Å². The van der Waals surface area contributed by atoms with E-state index in [9.17, 15) is 9.59 Å². The lowest BCUT2D eigenvalue weighted by Gasteiger charge is -2.02. The van der Waals surface area contributed by atoms with Gasteiger partial charge in [0, 0.05) is 22.9 Å². The summed E-state index contributed by atoms with van der Waals surface area (Å²) < 4.78 is 10.3. The molecule has 0 saturated heterocycles. The first kappa shape index (κ1) is 10.6. The van der Waals surface area contributed by atoms with Crippen LogP contribution in [0.25, 0.3) is 21.9 Å². The van der Waals surface area contributed by atoms with Crippen LogP contribution in [0.2, 0.25) is 0 Å². The highest BCUT2D eigenvalue weighted by Crippen LogP contribution is 2.25. The molecular formula is C13H8O5. The van der Waals surface area contributed by atoms with E-state index in [0.29, 0.717) is 22.1 Å². The molecule has 0 unspecified atom stereocenters. The summed E-state index contributed by atoms with van der Waals surface area (Å²) in [5.41, 5.74) is 0.806. The highest BCUT2D eigenvalue weighted by Gasteiger charge is 2.11. The number of benzene rings is 1. The summed E-state index contributed by atoms with van der Waals surface area (Å²) in [6, 6.07) is 6.33. The Balaban J connectivity index is 2.39. The van der Waals surface area contributed by atoms with E-state index < -0.39 is 11.6 Å². The summed E-state index contributed by atoms with van der Waals surface area (Å²) in [7, 11) is 0. The smallest absolute Gasteiger partial charge is 0.336 e. The molecule has 0 aliphatic heterocycles. The van der Waals surface area contributed by atoms with Crippen LogP contribution >= 0.6 is 0 Å². The highest BCUT2D eigenvalue weighted by molar-refractivity contribution is 5.95. The van der Waals surface area contributed by atoms with Crippen molar-refractivity contribution in [1.82, 2.24) is 0 Å². The largest absolute Gasteiger partial charge is 0.481 e. The predicted octanol–water partition coefficient (Wildman–Crippen LogP) is 2.17. The molecule has 0 aliphatic rings. The lowest BCUT2D eigenvalue weighted by Crippen LogP contribution is -2.06. The Bertz CT molecular complexity index is 809. The molecule has 0 radical (unpaired) electrons. The molecule has 18 heavy (non-hydrogen) atoms. The third-order valence-corrected chi connectivity index (χ3v) is 2.74. The van der Waals surface area contributed by atoms with Crippen molar-refractivity contribution in [3.63, 3.8) is 0 Å². The second-order valence-corrected chi connectivity index (χ2v) is 3.97. The standard InChI is InChI=1S/C13H8O5/c14-12(15)4-8-5-13(16)18-11-6-10-7(1-2-17-10)3-9(8)11/h1-3,5-6H,4H2,(H,14,15). The fourth-order valence-corrected chi connectivity index (χ4v) is 1.99. The lowest BCUT2D eigenvalue weighted by molar-refractivity contribution is -0.136. The Morgan fingerprint density at radius 1 is 1.22 bits per heavy atom. The Labute approximate surface area is 100 Å². The molecule has 1 N–H and O–H groups in total. The van der Waals surface area contributed by atoms with Crippen LogP contribution in [0.1, 0.15) is 5.56 Å². The molecule has 90 valence electrons. The van der Waals surface area contributed by atoms with Gasteiger partial charge in [-0.3, -0.25) is 4.79 Å². The quantitative estimate of drug-likeness (QED) is 0.698. The number of aliphatic carboxylic acids is 1. The maximum Gasteiger partial charge on any atom is 0.336 e. The van der Waals surface area contributed by atoms with Crippen LogP contribution in [0.4, 0.5) is 0 Å². The van der Waals surface area contributed by atoms with Gasteiger partial charge in [-0.1, -0.05) is 0 Å². The minimum absolute atomic E-state index is 0.217. The van der Waals surface area contributed by atoms with Crippen molar-refractivity contribution in [3.8, 4) is 0 Å². The Morgan fingerprint density at radius 3 is 2.83 bits per heavy atom. The summed E-state index contributed by atoms with van der Waals surface area (Å²) in [5.74, 6) is -0.991. The van der Waals surface area contributed by atoms with Gasteiger partial charge in [-0.15, -0.1) is 0 Å². The molecule has 5 nitrogen and oxygen atoms in total. The number of hydrogen-bond acceptors (Lipinski definition) is 4. The third kappa shape index (κ3) is 1.66.